The van der Waals surface area contributed by atoms with Gasteiger partial charge in [-0.15, -0.1) is 0 Å². The highest BCUT2D eigenvalue weighted by atomic mass is 16.4. The normalized spacial score (nSPS) is 9.47. The van der Waals surface area contributed by atoms with Gasteiger partial charge in [0.2, 0.25) is 5.91 Å². The summed E-state index contributed by atoms with van der Waals surface area (Å²) in [6.45, 7) is 1.36. The van der Waals surface area contributed by atoms with Crippen LogP contribution in [0, 0.1) is 0 Å². The number of aromatic carboxylic acids is 1. The van der Waals surface area contributed by atoms with Crippen molar-refractivity contribution in [2.75, 3.05) is 10.7 Å². The molecule has 6 nitrogen and oxygen atoms in total. The quantitative estimate of drug-likeness (QED) is 0.431. The van der Waals surface area contributed by atoms with Crippen molar-refractivity contribution in [1.29, 1.82) is 0 Å². The Labute approximate surface area is 86.1 Å². The summed E-state index contributed by atoms with van der Waals surface area (Å²) in [7, 11) is 0. The van der Waals surface area contributed by atoms with Crippen LogP contribution in [0.4, 0.5) is 11.4 Å². The van der Waals surface area contributed by atoms with Crippen LogP contribution in [0.3, 0.4) is 0 Å². The zero-order valence-corrected chi connectivity index (χ0v) is 8.07. The number of carboxylic acid groups (broad SMARTS) is 1. The minimum Gasteiger partial charge on any atom is -0.478 e. The van der Waals surface area contributed by atoms with Crippen LogP contribution in [0.15, 0.2) is 18.2 Å². The summed E-state index contributed by atoms with van der Waals surface area (Å²) in [5.41, 5.74) is 3.04. The third-order valence-corrected chi connectivity index (χ3v) is 1.73. The summed E-state index contributed by atoms with van der Waals surface area (Å²) in [5, 5.41) is 11.3. The van der Waals surface area contributed by atoms with Crippen molar-refractivity contribution in [3.63, 3.8) is 0 Å². The van der Waals surface area contributed by atoms with Gasteiger partial charge in [-0.1, -0.05) is 0 Å². The zero-order valence-electron chi connectivity index (χ0n) is 8.07. The standard InChI is InChI=1S/C9H11N3O3/c1-5(13)11-6-2-3-7(9(14)15)8(4-6)12-10/h2-4,12H,10H2,1H3,(H,11,13)(H,14,15). The number of anilines is 2. The van der Waals surface area contributed by atoms with Gasteiger partial charge in [-0.05, 0) is 18.2 Å². The van der Waals surface area contributed by atoms with E-state index in [0.717, 1.165) is 0 Å². The Morgan fingerprint density at radius 1 is 1.40 bits per heavy atom. The van der Waals surface area contributed by atoms with Crippen molar-refractivity contribution >= 4 is 23.3 Å². The molecule has 0 aromatic heterocycles. The molecule has 0 aliphatic carbocycles. The van der Waals surface area contributed by atoms with E-state index in [2.05, 4.69) is 10.7 Å². The third kappa shape index (κ3) is 2.68. The fourth-order valence-electron chi connectivity index (χ4n) is 1.13. The maximum Gasteiger partial charge on any atom is 0.337 e. The Hall–Kier alpha value is -2.08. The molecule has 0 unspecified atom stereocenters. The van der Waals surface area contributed by atoms with Crippen LogP contribution in [0.1, 0.15) is 17.3 Å². The first-order chi connectivity index (χ1) is 7.04. The van der Waals surface area contributed by atoms with Gasteiger partial charge in [0, 0.05) is 12.6 Å². The minimum atomic E-state index is -1.09. The second kappa shape index (κ2) is 4.43. The monoisotopic (exact) mass is 209 g/mol. The van der Waals surface area contributed by atoms with Gasteiger partial charge in [-0.2, -0.15) is 0 Å². The van der Waals surface area contributed by atoms with Gasteiger partial charge in [0.25, 0.3) is 0 Å². The van der Waals surface area contributed by atoms with Crippen LogP contribution in [0.5, 0.6) is 0 Å². The molecule has 0 fully saturated rings. The average molecular weight is 209 g/mol. The van der Waals surface area contributed by atoms with E-state index in [-0.39, 0.29) is 17.2 Å². The highest BCUT2D eigenvalue weighted by Gasteiger charge is 2.09. The average Bonchev–Trinajstić information content (AvgIpc) is 2.16. The number of nitrogens with one attached hydrogen (secondary N) is 2. The smallest absolute Gasteiger partial charge is 0.337 e. The number of nitrogen functional groups attached to an aromatic ring is 1. The fourth-order valence-corrected chi connectivity index (χ4v) is 1.13. The van der Waals surface area contributed by atoms with Gasteiger partial charge < -0.3 is 15.8 Å². The summed E-state index contributed by atoms with van der Waals surface area (Å²) in [4.78, 5) is 21.5. The molecule has 80 valence electrons. The maximum atomic E-state index is 10.8. The van der Waals surface area contributed by atoms with Crippen molar-refractivity contribution in [3.8, 4) is 0 Å². The van der Waals surface area contributed by atoms with Crippen LogP contribution in [0.25, 0.3) is 0 Å². The zero-order chi connectivity index (χ0) is 11.4. The number of hydrogen-bond acceptors (Lipinski definition) is 4. The number of hydrogen-bond donors (Lipinski definition) is 4. The molecule has 1 amide bonds. The highest BCUT2D eigenvalue weighted by molar-refractivity contribution is 5.96. The molecule has 0 saturated carbocycles. The molecule has 0 radical (unpaired) electrons. The molecule has 15 heavy (non-hydrogen) atoms. The predicted octanol–water partition coefficient (Wildman–Crippen LogP) is 0.629. The van der Waals surface area contributed by atoms with Crippen molar-refractivity contribution in [2.24, 2.45) is 5.84 Å². The van der Waals surface area contributed by atoms with Crippen molar-refractivity contribution in [2.45, 2.75) is 6.92 Å². The Kier molecular flexibility index (Phi) is 3.25. The fraction of sp³-hybridized carbons (Fsp3) is 0.111. The molecule has 0 atom stereocenters. The summed E-state index contributed by atoms with van der Waals surface area (Å²) in [6, 6.07) is 4.30. The topological polar surface area (TPSA) is 104 Å². The first-order valence-electron chi connectivity index (χ1n) is 4.16. The summed E-state index contributed by atoms with van der Waals surface area (Å²) in [5.74, 6) is 3.84. The number of amides is 1. The van der Waals surface area contributed by atoms with Crippen LogP contribution >= 0.6 is 0 Å². The van der Waals surface area contributed by atoms with Crippen molar-refractivity contribution < 1.29 is 14.7 Å². The van der Waals surface area contributed by atoms with Crippen LogP contribution in [-0.4, -0.2) is 17.0 Å². The lowest BCUT2D eigenvalue weighted by Crippen LogP contribution is -2.13. The molecular formula is C9H11N3O3. The summed E-state index contributed by atoms with van der Waals surface area (Å²) in [6.07, 6.45) is 0. The number of carbonyl (C=O) groups excluding carboxylic acids is 1. The lowest BCUT2D eigenvalue weighted by molar-refractivity contribution is -0.114. The second-order valence-electron chi connectivity index (χ2n) is 2.89. The molecule has 0 aliphatic rings. The first-order valence-corrected chi connectivity index (χ1v) is 4.16. The first kappa shape index (κ1) is 11.0. The molecular weight excluding hydrogens is 198 g/mol. The number of rotatable bonds is 3. The van der Waals surface area contributed by atoms with E-state index in [4.69, 9.17) is 10.9 Å². The van der Waals surface area contributed by atoms with Crippen molar-refractivity contribution in [1.82, 2.24) is 0 Å². The van der Waals surface area contributed by atoms with E-state index >= 15 is 0 Å². The molecule has 6 heteroatoms. The summed E-state index contributed by atoms with van der Waals surface area (Å²) >= 11 is 0. The second-order valence-corrected chi connectivity index (χ2v) is 2.89. The predicted molar refractivity (Wildman–Crippen MR) is 55.5 cm³/mol. The molecule has 1 rings (SSSR count). The molecule has 5 N–H and O–H groups in total. The molecule has 1 aromatic carbocycles. The molecule has 1 aromatic rings. The van der Waals surface area contributed by atoms with E-state index in [1.54, 1.807) is 0 Å². The minimum absolute atomic E-state index is 0.0478. The van der Waals surface area contributed by atoms with Crippen LogP contribution < -0.4 is 16.6 Å². The van der Waals surface area contributed by atoms with E-state index in [1.807, 2.05) is 0 Å². The Morgan fingerprint density at radius 2 is 2.07 bits per heavy atom. The van der Waals surface area contributed by atoms with Gasteiger partial charge >= 0.3 is 5.97 Å². The van der Waals surface area contributed by atoms with Crippen LogP contribution in [0.2, 0.25) is 0 Å². The van der Waals surface area contributed by atoms with Gasteiger partial charge in [0.05, 0.1) is 11.3 Å². The lowest BCUT2D eigenvalue weighted by atomic mass is 10.1. The molecule has 0 saturated heterocycles. The molecule has 0 spiro atoms. The van der Waals surface area contributed by atoms with E-state index in [0.29, 0.717) is 5.69 Å². The molecule has 0 aliphatic heterocycles. The number of carboxylic acids is 1. The van der Waals surface area contributed by atoms with Gasteiger partial charge in [-0.3, -0.25) is 10.6 Å². The Morgan fingerprint density at radius 3 is 2.53 bits per heavy atom. The van der Waals surface area contributed by atoms with Crippen molar-refractivity contribution in [3.05, 3.63) is 23.8 Å². The van der Waals surface area contributed by atoms with Gasteiger partial charge in [0.1, 0.15) is 0 Å². The third-order valence-electron chi connectivity index (χ3n) is 1.73. The summed E-state index contributed by atoms with van der Waals surface area (Å²) < 4.78 is 0. The van der Waals surface area contributed by atoms with Gasteiger partial charge in [-0.25, -0.2) is 4.79 Å². The van der Waals surface area contributed by atoms with E-state index in [9.17, 15) is 9.59 Å². The highest BCUT2D eigenvalue weighted by Crippen LogP contribution is 2.20. The number of hydrazine groups is 1. The lowest BCUT2D eigenvalue weighted by Gasteiger charge is -2.08. The Balaban J connectivity index is 3.07. The number of nitrogens with two attached hydrogens (primary N) is 1. The largest absolute Gasteiger partial charge is 0.478 e. The number of benzene rings is 1. The molecule has 0 bridgehead atoms. The van der Waals surface area contributed by atoms with Crippen LogP contribution in [-0.2, 0) is 4.79 Å². The Bertz CT molecular complexity index is 404. The molecule has 0 heterocycles. The van der Waals surface area contributed by atoms with E-state index < -0.39 is 5.97 Å². The maximum absolute atomic E-state index is 10.8. The van der Waals surface area contributed by atoms with E-state index in [1.165, 1.54) is 25.1 Å². The van der Waals surface area contributed by atoms with Gasteiger partial charge in [0.15, 0.2) is 0 Å². The SMILES string of the molecule is CC(=O)Nc1ccc(C(=O)O)c(NN)c1. The number of carbonyl (C=O) groups is 2.